The number of hydrogen-bond acceptors (Lipinski definition) is 11. The Bertz CT molecular complexity index is 2200. The van der Waals surface area contributed by atoms with E-state index >= 15 is 0 Å². The summed E-state index contributed by atoms with van der Waals surface area (Å²) in [5.41, 5.74) is 5.65. The SMILES string of the molecule is CC(=O)OC[C@@H](OC(C)=O)[C@@H](OC(C)=O)[C@@H](OC(C)=O)c1nc2c3c(-c4ccccc4)c(-c4ccccc4)n(Cc4ccccc4)c3ncn2n1. The number of ether oxygens (including phenoxy) is 4. The fourth-order valence-corrected chi connectivity index (χ4v) is 6.05. The molecule has 0 spiro atoms. The van der Waals surface area contributed by atoms with Crippen LogP contribution in [0.2, 0.25) is 0 Å². The van der Waals surface area contributed by atoms with Crippen molar-refractivity contribution in [2.24, 2.45) is 0 Å². The van der Waals surface area contributed by atoms with Crippen LogP contribution in [0.3, 0.4) is 0 Å². The van der Waals surface area contributed by atoms with E-state index in [1.54, 1.807) is 0 Å². The highest BCUT2D eigenvalue weighted by atomic mass is 16.6. The first-order chi connectivity index (χ1) is 24.6. The van der Waals surface area contributed by atoms with Crippen molar-refractivity contribution in [1.82, 2.24) is 24.1 Å². The van der Waals surface area contributed by atoms with Crippen molar-refractivity contribution in [3.63, 3.8) is 0 Å². The van der Waals surface area contributed by atoms with Crippen LogP contribution in [0.25, 0.3) is 39.1 Å². The molecule has 0 radical (unpaired) electrons. The summed E-state index contributed by atoms with van der Waals surface area (Å²) in [4.78, 5) is 58.6. The van der Waals surface area contributed by atoms with Crippen LogP contribution < -0.4 is 0 Å². The highest BCUT2D eigenvalue weighted by Crippen LogP contribution is 2.42. The topological polar surface area (TPSA) is 153 Å². The number of rotatable bonds is 12. The molecule has 0 aliphatic carbocycles. The van der Waals surface area contributed by atoms with Crippen molar-refractivity contribution in [3.05, 3.63) is 109 Å². The number of aromatic nitrogens is 5. The van der Waals surface area contributed by atoms with Gasteiger partial charge in [-0.1, -0.05) is 91.0 Å². The molecule has 3 heterocycles. The molecule has 51 heavy (non-hydrogen) atoms. The number of hydrogen-bond donors (Lipinski definition) is 0. The summed E-state index contributed by atoms with van der Waals surface area (Å²) in [6, 6.07) is 29.8. The standard InChI is InChI=1S/C38H35N5O8/c1-23(44)48-21-30(49-24(2)45)34(50-25(3)46)35(51-26(4)47)36-40-38-32-31(28-16-10-6-11-17-28)33(29-18-12-7-13-19-29)42(20-27-14-8-5-9-15-27)37(32)39-22-43(38)41-36/h5-19,22,30,34-35H,20-21H2,1-4H3/t30-,34-,35-/m1/s1. The lowest BCUT2D eigenvalue weighted by Gasteiger charge is -2.30. The summed E-state index contributed by atoms with van der Waals surface area (Å²) in [6.45, 7) is 4.63. The van der Waals surface area contributed by atoms with Gasteiger partial charge < -0.3 is 23.5 Å². The molecule has 13 nitrogen and oxygen atoms in total. The van der Waals surface area contributed by atoms with Gasteiger partial charge in [-0.15, -0.1) is 5.10 Å². The van der Waals surface area contributed by atoms with E-state index in [9.17, 15) is 19.2 Å². The normalized spacial score (nSPS) is 12.9. The van der Waals surface area contributed by atoms with Crippen LogP contribution >= 0.6 is 0 Å². The molecule has 0 saturated carbocycles. The predicted molar refractivity (Wildman–Crippen MR) is 185 cm³/mol. The lowest BCUT2D eigenvalue weighted by Crippen LogP contribution is -2.44. The third kappa shape index (κ3) is 7.62. The smallest absolute Gasteiger partial charge is 0.303 e. The second-order valence-corrected chi connectivity index (χ2v) is 11.8. The second kappa shape index (κ2) is 15.0. The molecule has 13 heteroatoms. The van der Waals surface area contributed by atoms with Gasteiger partial charge in [0.25, 0.3) is 0 Å². The first-order valence-corrected chi connectivity index (χ1v) is 16.2. The molecule has 6 rings (SSSR count). The molecule has 3 atom stereocenters. The van der Waals surface area contributed by atoms with Gasteiger partial charge >= 0.3 is 23.9 Å². The number of carbonyl (C=O) groups is 4. The highest BCUT2D eigenvalue weighted by Gasteiger charge is 2.41. The van der Waals surface area contributed by atoms with Crippen molar-refractivity contribution in [2.45, 2.75) is 52.6 Å². The van der Waals surface area contributed by atoms with Crippen LogP contribution in [0.15, 0.2) is 97.3 Å². The Morgan fingerprint density at radius 1 is 0.686 bits per heavy atom. The third-order valence-corrected chi connectivity index (χ3v) is 7.97. The van der Waals surface area contributed by atoms with Gasteiger partial charge in [0, 0.05) is 39.8 Å². The van der Waals surface area contributed by atoms with Gasteiger partial charge in [0.1, 0.15) is 18.6 Å². The minimum atomic E-state index is -1.49. The molecular formula is C38H35N5O8. The molecule has 0 unspecified atom stereocenters. The fraction of sp³-hybridized carbons (Fsp3) is 0.237. The zero-order valence-electron chi connectivity index (χ0n) is 28.4. The Balaban J connectivity index is 1.63. The van der Waals surface area contributed by atoms with Crippen LogP contribution in [0.1, 0.15) is 45.2 Å². The van der Waals surface area contributed by atoms with E-state index in [1.165, 1.54) is 24.7 Å². The fourth-order valence-electron chi connectivity index (χ4n) is 6.05. The number of benzene rings is 3. The van der Waals surface area contributed by atoms with Crippen molar-refractivity contribution in [1.29, 1.82) is 0 Å². The Hall–Kier alpha value is -6.37. The maximum atomic E-state index is 12.5. The lowest BCUT2D eigenvalue weighted by molar-refractivity contribution is -0.190. The van der Waals surface area contributed by atoms with Gasteiger partial charge in [-0.2, -0.15) is 0 Å². The molecule has 0 bridgehead atoms. The van der Waals surface area contributed by atoms with Crippen molar-refractivity contribution in [2.75, 3.05) is 6.61 Å². The summed E-state index contributed by atoms with van der Waals surface area (Å²) in [5.74, 6) is -3.01. The summed E-state index contributed by atoms with van der Waals surface area (Å²) < 4.78 is 25.4. The van der Waals surface area contributed by atoms with E-state index in [2.05, 4.69) is 9.67 Å². The molecule has 0 fully saturated rings. The average molecular weight is 690 g/mol. The predicted octanol–water partition coefficient (Wildman–Crippen LogP) is 5.49. The molecule has 0 saturated heterocycles. The number of carbonyl (C=O) groups excluding carboxylic acids is 4. The van der Waals surface area contributed by atoms with Crippen LogP contribution in [-0.2, 0) is 44.7 Å². The number of nitrogens with zero attached hydrogens (tertiary/aromatic N) is 5. The minimum Gasteiger partial charge on any atom is -0.462 e. The zero-order chi connectivity index (χ0) is 36.1. The number of esters is 4. The van der Waals surface area contributed by atoms with Gasteiger partial charge in [0.2, 0.25) is 6.10 Å². The van der Waals surface area contributed by atoms with Gasteiger partial charge in [-0.05, 0) is 16.7 Å². The van der Waals surface area contributed by atoms with Crippen molar-refractivity contribution < 1.29 is 38.1 Å². The Morgan fingerprint density at radius 3 is 1.86 bits per heavy atom. The van der Waals surface area contributed by atoms with Crippen molar-refractivity contribution in [3.8, 4) is 22.4 Å². The molecule has 3 aromatic carbocycles. The second-order valence-electron chi connectivity index (χ2n) is 11.8. The molecule has 0 amide bonds. The summed E-state index contributed by atoms with van der Waals surface area (Å²) in [5, 5.41) is 5.31. The van der Waals surface area contributed by atoms with E-state index in [0.29, 0.717) is 23.2 Å². The quantitative estimate of drug-likeness (QED) is 0.118. The maximum absolute atomic E-state index is 12.5. The van der Waals surface area contributed by atoms with E-state index in [-0.39, 0.29) is 5.82 Å². The van der Waals surface area contributed by atoms with E-state index in [4.69, 9.17) is 28.9 Å². The molecule has 6 aromatic rings. The summed E-state index contributed by atoms with van der Waals surface area (Å²) in [7, 11) is 0. The van der Waals surface area contributed by atoms with E-state index in [1.807, 2.05) is 91.0 Å². The molecular weight excluding hydrogens is 654 g/mol. The highest BCUT2D eigenvalue weighted by molar-refractivity contribution is 6.09. The largest absolute Gasteiger partial charge is 0.462 e. The summed E-state index contributed by atoms with van der Waals surface area (Å²) >= 11 is 0. The van der Waals surface area contributed by atoms with Crippen LogP contribution in [0.4, 0.5) is 0 Å². The molecule has 260 valence electrons. The molecule has 0 aliphatic heterocycles. The lowest BCUT2D eigenvalue weighted by atomic mass is 9.99. The Labute approximate surface area is 292 Å². The Morgan fingerprint density at radius 2 is 1.27 bits per heavy atom. The molecule has 3 aromatic heterocycles. The van der Waals surface area contributed by atoms with Gasteiger partial charge in [0.15, 0.2) is 23.7 Å². The van der Waals surface area contributed by atoms with Crippen LogP contribution in [0.5, 0.6) is 0 Å². The monoisotopic (exact) mass is 689 g/mol. The average Bonchev–Trinajstić information content (AvgIpc) is 3.68. The van der Waals surface area contributed by atoms with E-state index < -0.39 is 48.8 Å². The van der Waals surface area contributed by atoms with Crippen LogP contribution in [-0.4, -0.2) is 66.8 Å². The minimum absolute atomic E-state index is 0.0678. The van der Waals surface area contributed by atoms with Crippen LogP contribution in [0, 0.1) is 0 Å². The zero-order valence-corrected chi connectivity index (χ0v) is 28.4. The number of fused-ring (bicyclic) bond motifs is 3. The van der Waals surface area contributed by atoms with Crippen molar-refractivity contribution >= 4 is 40.6 Å². The first-order valence-electron chi connectivity index (χ1n) is 16.2. The maximum Gasteiger partial charge on any atom is 0.303 e. The van der Waals surface area contributed by atoms with E-state index in [0.717, 1.165) is 41.8 Å². The van der Waals surface area contributed by atoms with Gasteiger partial charge in [-0.3, -0.25) is 19.2 Å². The summed E-state index contributed by atoms with van der Waals surface area (Å²) in [6.07, 6.45) is -2.85. The molecule has 0 aliphatic rings. The third-order valence-electron chi connectivity index (χ3n) is 7.97. The molecule has 0 N–H and O–H groups in total. The Kier molecular flexibility index (Phi) is 10.2. The van der Waals surface area contributed by atoms with Gasteiger partial charge in [0.05, 0.1) is 11.1 Å². The van der Waals surface area contributed by atoms with Gasteiger partial charge in [-0.25, -0.2) is 14.5 Å². The first kappa shape index (κ1) is 34.5.